The minimum atomic E-state index is -0.305. The van der Waals surface area contributed by atoms with Crippen molar-refractivity contribution in [3.05, 3.63) is 60.4 Å². The van der Waals surface area contributed by atoms with Gasteiger partial charge in [0.25, 0.3) is 0 Å². The Hall–Kier alpha value is -4.72. The summed E-state index contributed by atoms with van der Waals surface area (Å²) in [5.74, 6) is 1.57. The van der Waals surface area contributed by atoms with Gasteiger partial charge in [-0.1, -0.05) is 0 Å². The van der Waals surface area contributed by atoms with Crippen molar-refractivity contribution in [2.24, 2.45) is 0 Å². The van der Waals surface area contributed by atoms with Crippen molar-refractivity contribution >= 4 is 23.2 Å². The van der Waals surface area contributed by atoms with Gasteiger partial charge in [0, 0.05) is 58.4 Å². The van der Waals surface area contributed by atoms with Crippen LogP contribution in [0.15, 0.2) is 53.3 Å². The van der Waals surface area contributed by atoms with Crippen LogP contribution in [-0.4, -0.2) is 86.2 Å². The SMILES string of the molecule is CN(CCN1CCN(c2ccc(OCc3cn[nH]n3)cc2F)CC1)c1nc(N)n2nc(-c3ccco3)cc2n1. The van der Waals surface area contributed by atoms with E-state index in [1.165, 1.54) is 10.6 Å². The number of hydrogen-bond acceptors (Lipinski definition) is 11. The maximum absolute atomic E-state index is 14.9. The summed E-state index contributed by atoms with van der Waals surface area (Å²) in [5.41, 5.74) is 8.63. The number of aromatic nitrogens is 7. The lowest BCUT2D eigenvalue weighted by Gasteiger charge is -2.36. The van der Waals surface area contributed by atoms with E-state index in [4.69, 9.17) is 14.9 Å². The molecule has 5 heterocycles. The number of fused-ring (bicyclic) bond motifs is 1. The largest absolute Gasteiger partial charge is 0.487 e. The number of benzene rings is 1. The van der Waals surface area contributed by atoms with Gasteiger partial charge in [-0.2, -0.15) is 35.0 Å². The Labute approximate surface area is 223 Å². The van der Waals surface area contributed by atoms with E-state index in [1.807, 2.05) is 24.1 Å². The standard InChI is InChI=1S/C25H28FN11O2/c1-34(25-29-23-14-20(22-3-2-12-38-22)32-37(23)24(27)30-25)6-7-35-8-10-36(11-9-35)21-5-4-18(13-19(21)26)39-16-17-15-28-33-31-17/h2-5,12-15H,6-11,16H2,1H3,(H2,27,29,30)(H,28,31,33). The van der Waals surface area contributed by atoms with E-state index < -0.39 is 0 Å². The van der Waals surface area contributed by atoms with Gasteiger partial charge >= 0.3 is 0 Å². The molecule has 1 aliphatic rings. The van der Waals surface area contributed by atoms with E-state index in [0.29, 0.717) is 46.7 Å². The highest BCUT2D eigenvalue weighted by molar-refractivity contribution is 5.61. The minimum absolute atomic E-state index is 0.225. The third-order valence-corrected chi connectivity index (χ3v) is 6.69. The van der Waals surface area contributed by atoms with Gasteiger partial charge in [0.1, 0.15) is 29.6 Å². The second-order valence-corrected chi connectivity index (χ2v) is 9.27. The molecule has 0 atom stereocenters. The second kappa shape index (κ2) is 10.6. The predicted octanol–water partition coefficient (Wildman–Crippen LogP) is 2.06. The van der Waals surface area contributed by atoms with Crippen molar-refractivity contribution in [2.45, 2.75) is 6.61 Å². The molecule has 13 nitrogen and oxygen atoms in total. The fourth-order valence-electron chi connectivity index (χ4n) is 4.50. The Balaban J connectivity index is 1.02. The van der Waals surface area contributed by atoms with Crippen LogP contribution in [0.1, 0.15) is 5.69 Å². The molecule has 0 spiro atoms. The smallest absolute Gasteiger partial charge is 0.230 e. The van der Waals surface area contributed by atoms with Crippen LogP contribution in [0.3, 0.4) is 0 Å². The Bertz CT molecular complexity index is 1530. The lowest BCUT2D eigenvalue weighted by atomic mass is 10.2. The molecule has 1 saturated heterocycles. The average molecular weight is 534 g/mol. The lowest BCUT2D eigenvalue weighted by Crippen LogP contribution is -2.48. The molecule has 14 heteroatoms. The number of anilines is 3. The third kappa shape index (κ3) is 5.31. The van der Waals surface area contributed by atoms with E-state index in [-0.39, 0.29) is 18.4 Å². The predicted molar refractivity (Wildman–Crippen MR) is 142 cm³/mol. The maximum atomic E-state index is 14.9. The molecular weight excluding hydrogens is 505 g/mol. The van der Waals surface area contributed by atoms with Crippen LogP contribution in [0.25, 0.3) is 17.1 Å². The number of H-pyrrole nitrogens is 1. The lowest BCUT2D eigenvalue weighted by molar-refractivity contribution is 0.262. The summed E-state index contributed by atoms with van der Waals surface area (Å²) >= 11 is 0. The number of halogens is 1. The van der Waals surface area contributed by atoms with Gasteiger partial charge in [-0.3, -0.25) is 4.90 Å². The number of furan rings is 1. The molecule has 1 aromatic carbocycles. The van der Waals surface area contributed by atoms with Crippen LogP contribution in [0, 0.1) is 5.82 Å². The number of ether oxygens (including phenoxy) is 1. The molecule has 0 aliphatic carbocycles. The Morgan fingerprint density at radius 2 is 2.03 bits per heavy atom. The Kier molecular flexibility index (Phi) is 6.67. The minimum Gasteiger partial charge on any atom is -0.487 e. The first-order chi connectivity index (χ1) is 19.0. The molecule has 39 heavy (non-hydrogen) atoms. The summed E-state index contributed by atoms with van der Waals surface area (Å²) in [6.07, 6.45) is 3.17. The molecule has 4 aromatic heterocycles. The number of nitrogens with two attached hydrogens (primary N) is 1. The molecular formula is C25H28FN11O2. The number of nitrogens with zero attached hydrogens (tertiary/aromatic N) is 9. The first-order valence-electron chi connectivity index (χ1n) is 12.6. The highest BCUT2D eigenvalue weighted by Crippen LogP contribution is 2.26. The fourth-order valence-corrected chi connectivity index (χ4v) is 4.50. The van der Waals surface area contributed by atoms with Crippen molar-refractivity contribution in [1.82, 2.24) is 39.9 Å². The molecule has 1 fully saturated rings. The zero-order chi connectivity index (χ0) is 26.8. The van der Waals surface area contributed by atoms with E-state index in [2.05, 4.69) is 40.3 Å². The Morgan fingerprint density at radius 1 is 1.15 bits per heavy atom. The van der Waals surface area contributed by atoms with Crippen LogP contribution in [0.2, 0.25) is 0 Å². The average Bonchev–Trinajstić information content (AvgIpc) is 3.73. The molecule has 0 bridgehead atoms. The summed E-state index contributed by atoms with van der Waals surface area (Å²) in [4.78, 5) is 15.4. The van der Waals surface area contributed by atoms with Crippen LogP contribution < -0.4 is 20.3 Å². The molecule has 0 radical (unpaired) electrons. The van der Waals surface area contributed by atoms with Gasteiger partial charge < -0.3 is 24.7 Å². The number of nitrogen functional groups attached to an aromatic ring is 1. The summed E-state index contributed by atoms with van der Waals surface area (Å²) in [7, 11) is 1.94. The third-order valence-electron chi connectivity index (χ3n) is 6.69. The van der Waals surface area contributed by atoms with Gasteiger partial charge in [-0.15, -0.1) is 0 Å². The van der Waals surface area contributed by atoms with E-state index in [0.717, 1.165) is 32.7 Å². The number of likely N-dealkylation sites (N-methyl/N-ethyl adjacent to an activating group) is 1. The van der Waals surface area contributed by atoms with Crippen molar-refractivity contribution in [3.63, 3.8) is 0 Å². The van der Waals surface area contributed by atoms with Crippen molar-refractivity contribution < 1.29 is 13.5 Å². The van der Waals surface area contributed by atoms with Gasteiger partial charge in [-0.25, -0.2) is 4.39 Å². The topological polar surface area (TPSA) is 143 Å². The van der Waals surface area contributed by atoms with Crippen molar-refractivity contribution in [1.29, 1.82) is 0 Å². The highest BCUT2D eigenvalue weighted by Gasteiger charge is 2.21. The summed E-state index contributed by atoms with van der Waals surface area (Å²) in [5, 5.41) is 14.6. The quantitative estimate of drug-likeness (QED) is 0.287. The number of hydrogen-bond donors (Lipinski definition) is 2. The van der Waals surface area contributed by atoms with Crippen LogP contribution in [0.4, 0.5) is 22.0 Å². The van der Waals surface area contributed by atoms with Gasteiger partial charge in [0.2, 0.25) is 11.9 Å². The van der Waals surface area contributed by atoms with E-state index in [1.54, 1.807) is 30.7 Å². The number of nitrogens with one attached hydrogen (secondary N) is 1. The summed E-state index contributed by atoms with van der Waals surface area (Å²) in [6.45, 7) is 4.82. The monoisotopic (exact) mass is 533 g/mol. The molecule has 202 valence electrons. The normalized spacial score (nSPS) is 14.3. The zero-order valence-corrected chi connectivity index (χ0v) is 21.4. The van der Waals surface area contributed by atoms with Gasteiger partial charge in [0.15, 0.2) is 11.4 Å². The Morgan fingerprint density at radius 3 is 2.77 bits per heavy atom. The van der Waals surface area contributed by atoms with Crippen LogP contribution >= 0.6 is 0 Å². The molecule has 0 saturated carbocycles. The van der Waals surface area contributed by atoms with Crippen molar-refractivity contribution in [2.75, 3.05) is 61.8 Å². The molecule has 1 aliphatic heterocycles. The first kappa shape index (κ1) is 24.6. The van der Waals surface area contributed by atoms with Crippen LogP contribution in [0.5, 0.6) is 5.75 Å². The number of piperazine rings is 1. The molecule has 5 aromatic rings. The highest BCUT2D eigenvalue weighted by atomic mass is 19.1. The number of rotatable bonds is 9. The summed E-state index contributed by atoms with van der Waals surface area (Å²) < 4.78 is 27.4. The second-order valence-electron chi connectivity index (χ2n) is 9.27. The number of aromatic amines is 1. The fraction of sp³-hybridized carbons (Fsp3) is 0.320. The maximum Gasteiger partial charge on any atom is 0.230 e. The molecule has 0 amide bonds. The zero-order valence-electron chi connectivity index (χ0n) is 21.4. The first-order valence-corrected chi connectivity index (χ1v) is 12.6. The van der Waals surface area contributed by atoms with Crippen molar-refractivity contribution in [3.8, 4) is 17.2 Å². The van der Waals surface area contributed by atoms with Gasteiger partial charge in [0.05, 0.1) is 18.1 Å². The molecule has 3 N–H and O–H groups in total. The summed E-state index contributed by atoms with van der Waals surface area (Å²) in [6, 6.07) is 10.4. The van der Waals surface area contributed by atoms with E-state index >= 15 is 0 Å². The van der Waals surface area contributed by atoms with E-state index in [9.17, 15) is 4.39 Å². The molecule has 6 rings (SSSR count). The van der Waals surface area contributed by atoms with Gasteiger partial charge in [-0.05, 0) is 24.3 Å². The van der Waals surface area contributed by atoms with Crippen LogP contribution in [-0.2, 0) is 6.61 Å². The molecule has 0 unspecified atom stereocenters.